The zero-order chi connectivity index (χ0) is 17.9. The molecule has 2 aromatic carbocycles. The molecule has 0 heterocycles. The van der Waals surface area contributed by atoms with Crippen LogP contribution in [0.2, 0.25) is 0 Å². The first kappa shape index (κ1) is 16.9. The summed E-state index contributed by atoms with van der Waals surface area (Å²) in [6.45, 7) is 0. The standard InChI is InChI=1S/C15H12N2O7/c1-23-13-7-9(3-5-11(13)16(19)20)15(18)10-4-6-12(17(21)22)14(8-10)24-2/h3-8H,1-2H3. The van der Waals surface area contributed by atoms with Gasteiger partial charge in [-0.1, -0.05) is 0 Å². The van der Waals surface area contributed by atoms with Crippen LogP contribution in [0.4, 0.5) is 11.4 Å². The van der Waals surface area contributed by atoms with E-state index in [1.165, 1.54) is 38.5 Å². The number of rotatable bonds is 6. The van der Waals surface area contributed by atoms with Gasteiger partial charge in [-0.15, -0.1) is 0 Å². The number of carbonyl (C=O) groups excluding carboxylic acids is 1. The summed E-state index contributed by atoms with van der Waals surface area (Å²) >= 11 is 0. The molecule has 0 atom stereocenters. The maximum absolute atomic E-state index is 12.5. The Labute approximate surface area is 135 Å². The van der Waals surface area contributed by atoms with Crippen LogP contribution in [0.3, 0.4) is 0 Å². The van der Waals surface area contributed by atoms with Gasteiger partial charge in [0.25, 0.3) is 0 Å². The first-order valence-electron chi connectivity index (χ1n) is 6.58. The molecule has 0 spiro atoms. The van der Waals surface area contributed by atoms with Gasteiger partial charge in [-0.3, -0.25) is 25.0 Å². The Kier molecular flexibility index (Phi) is 4.73. The number of ether oxygens (including phenoxy) is 2. The predicted octanol–water partition coefficient (Wildman–Crippen LogP) is 2.75. The molecule has 24 heavy (non-hydrogen) atoms. The van der Waals surface area contributed by atoms with Crippen molar-refractivity contribution in [3.8, 4) is 11.5 Å². The highest BCUT2D eigenvalue weighted by Crippen LogP contribution is 2.31. The van der Waals surface area contributed by atoms with Crippen LogP contribution in [-0.2, 0) is 0 Å². The smallest absolute Gasteiger partial charge is 0.310 e. The summed E-state index contributed by atoms with van der Waals surface area (Å²) in [5.74, 6) is -0.587. The van der Waals surface area contributed by atoms with Gasteiger partial charge in [0.05, 0.1) is 24.1 Å². The van der Waals surface area contributed by atoms with Crippen LogP contribution in [-0.4, -0.2) is 29.8 Å². The summed E-state index contributed by atoms with van der Waals surface area (Å²) in [7, 11) is 2.51. The molecule has 124 valence electrons. The van der Waals surface area contributed by atoms with Crippen molar-refractivity contribution < 1.29 is 24.1 Å². The minimum absolute atomic E-state index is 0.0558. The predicted molar refractivity (Wildman–Crippen MR) is 82.7 cm³/mol. The third-order valence-corrected chi connectivity index (χ3v) is 3.28. The molecule has 0 aliphatic heterocycles. The number of hydrogen-bond acceptors (Lipinski definition) is 7. The zero-order valence-electron chi connectivity index (χ0n) is 12.7. The van der Waals surface area contributed by atoms with E-state index in [2.05, 4.69) is 0 Å². The SMILES string of the molecule is COc1cc(C(=O)c2ccc([N+](=O)[O-])c(OC)c2)ccc1[N+](=O)[O-]. The minimum atomic E-state index is -0.623. The fourth-order valence-corrected chi connectivity index (χ4v) is 2.11. The molecule has 0 saturated carbocycles. The van der Waals surface area contributed by atoms with Crippen molar-refractivity contribution in [3.63, 3.8) is 0 Å². The molecule has 0 unspecified atom stereocenters. The molecule has 2 aromatic rings. The molecule has 0 aliphatic carbocycles. The Morgan fingerprint density at radius 1 is 0.833 bits per heavy atom. The Hall–Kier alpha value is -3.49. The van der Waals surface area contributed by atoms with Crippen molar-refractivity contribution in [2.45, 2.75) is 0 Å². The molecule has 0 aromatic heterocycles. The number of nitro benzene ring substituents is 2. The maximum Gasteiger partial charge on any atom is 0.310 e. The van der Waals surface area contributed by atoms with E-state index in [9.17, 15) is 25.0 Å². The van der Waals surface area contributed by atoms with Crippen LogP contribution in [0.25, 0.3) is 0 Å². The number of ketones is 1. The number of carbonyl (C=O) groups is 1. The quantitative estimate of drug-likeness (QED) is 0.453. The van der Waals surface area contributed by atoms with E-state index in [4.69, 9.17) is 9.47 Å². The molecule has 9 heteroatoms. The number of methoxy groups -OCH3 is 2. The fourth-order valence-electron chi connectivity index (χ4n) is 2.11. The first-order chi connectivity index (χ1) is 11.4. The molecule has 0 fully saturated rings. The van der Waals surface area contributed by atoms with E-state index in [1.54, 1.807) is 0 Å². The third kappa shape index (κ3) is 3.14. The van der Waals surface area contributed by atoms with Gasteiger partial charge in [-0.05, 0) is 24.3 Å². The van der Waals surface area contributed by atoms with E-state index in [0.29, 0.717) is 0 Å². The van der Waals surface area contributed by atoms with E-state index in [1.807, 2.05) is 0 Å². The molecule has 0 bridgehead atoms. The maximum atomic E-state index is 12.5. The van der Waals surface area contributed by atoms with Crippen LogP contribution in [0.1, 0.15) is 15.9 Å². The average molecular weight is 332 g/mol. The van der Waals surface area contributed by atoms with Crippen LogP contribution < -0.4 is 9.47 Å². The third-order valence-electron chi connectivity index (χ3n) is 3.28. The number of benzene rings is 2. The molecule has 2 rings (SSSR count). The van der Waals surface area contributed by atoms with Crippen LogP contribution >= 0.6 is 0 Å². The molecule has 0 amide bonds. The number of nitrogens with zero attached hydrogens (tertiary/aromatic N) is 2. The lowest BCUT2D eigenvalue weighted by Crippen LogP contribution is -2.04. The molecular formula is C15H12N2O7. The second-order valence-corrected chi connectivity index (χ2v) is 4.62. The van der Waals surface area contributed by atoms with Crippen LogP contribution in [0.15, 0.2) is 36.4 Å². The Morgan fingerprint density at radius 3 is 1.50 bits per heavy atom. The summed E-state index contributed by atoms with van der Waals surface area (Å²) in [4.78, 5) is 33.0. The van der Waals surface area contributed by atoms with Gasteiger partial charge in [-0.2, -0.15) is 0 Å². The molecule has 0 saturated heterocycles. The lowest BCUT2D eigenvalue weighted by molar-refractivity contribution is -0.385. The first-order valence-corrected chi connectivity index (χ1v) is 6.58. The summed E-state index contributed by atoms with van der Waals surface area (Å²) in [5, 5.41) is 21.8. The molecule has 0 aliphatic rings. The van der Waals surface area contributed by atoms with Crippen molar-refractivity contribution in [1.29, 1.82) is 0 Å². The molecular weight excluding hydrogens is 320 g/mol. The minimum Gasteiger partial charge on any atom is -0.490 e. The Morgan fingerprint density at radius 2 is 1.21 bits per heavy atom. The van der Waals surface area contributed by atoms with Gasteiger partial charge >= 0.3 is 11.4 Å². The number of nitro groups is 2. The van der Waals surface area contributed by atoms with E-state index >= 15 is 0 Å². The summed E-state index contributed by atoms with van der Waals surface area (Å²) in [6, 6.07) is 7.39. The monoisotopic (exact) mass is 332 g/mol. The van der Waals surface area contributed by atoms with Gasteiger partial charge in [0.1, 0.15) is 0 Å². The van der Waals surface area contributed by atoms with E-state index in [0.717, 1.165) is 12.1 Å². The Balaban J connectivity index is 2.45. The highest BCUT2D eigenvalue weighted by molar-refractivity contribution is 6.09. The highest BCUT2D eigenvalue weighted by Gasteiger charge is 2.21. The lowest BCUT2D eigenvalue weighted by Gasteiger charge is -2.07. The Bertz CT molecular complexity index is 765. The van der Waals surface area contributed by atoms with Crippen LogP contribution in [0, 0.1) is 20.2 Å². The average Bonchev–Trinajstić information content (AvgIpc) is 2.59. The van der Waals surface area contributed by atoms with E-state index in [-0.39, 0.29) is 34.0 Å². The number of hydrogen-bond donors (Lipinski definition) is 0. The highest BCUT2D eigenvalue weighted by atomic mass is 16.6. The van der Waals surface area contributed by atoms with Crippen molar-refractivity contribution in [2.24, 2.45) is 0 Å². The topological polar surface area (TPSA) is 122 Å². The van der Waals surface area contributed by atoms with Crippen molar-refractivity contribution in [2.75, 3.05) is 14.2 Å². The van der Waals surface area contributed by atoms with Crippen molar-refractivity contribution in [1.82, 2.24) is 0 Å². The second-order valence-electron chi connectivity index (χ2n) is 4.62. The van der Waals surface area contributed by atoms with Crippen molar-refractivity contribution in [3.05, 3.63) is 67.8 Å². The summed E-state index contributed by atoms with van der Waals surface area (Å²) < 4.78 is 9.84. The lowest BCUT2D eigenvalue weighted by atomic mass is 10.0. The second kappa shape index (κ2) is 6.73. The zero-order valence-corrected chi connectivity index (χ0v) is 12.7. The summed E-state index contributed by atoms with van der Waals surface area (Å²) in [6.07, 6.45) is 0. The van der Waals surface area contributed by atoms with Gasteiger partial charge in [0.2, 0.25) is 0 Å². The molecule has 0 N–H and O–H groups in total. The van der Waals surface area contributed by atoms with E-state index < -0.39 is 15.6 Å². The van der Waals surface area contributed by atoms with Gasteiger partial charge in [-0.25, -0.2) is 0 Å². The normalized spacial score (nSPS) is 10.1. The largest absolute Gasteiger partial charge is 0.490 e. The molecule has 0 radical (unpaired) electrons. The molecule has 9 nitrogen and oxygen atoms in total. The van der Waals surface area contributed by atoms with Crippen LogP contribution in [0.5, 0.6) is 11.5 Å². The van der Waals surface area contributed by atoms with Crippen molar-refractivity contribution >= 4 is 17.2 Å². The fraction of sp³-hybridized carbons (Fsp3) is 0.133. The van der Waals surface area contributed by atoms with Gasteiger partial charge in [0, 0.05) is 23.3 Å². The van der Waals surface area contributed by atoms with Gasteiger partial charge < -0.3 is 9.47 Å². The van der Waals surface area contributed by atoms with Gasteiger partial charge in [0.15, 0.2) is 17.3 Å². The summed E-state index contributed by atoms with van der Waals surface area (Å²) in [5.41, 5.74) is -0.243.